The molecule has 0 radical (unpaired) electrons. The predicted octanol–water partition coefficient (Wildman–Crippen LogP) is 4.72. The van der Waals surface area contributed by atoms with E-state index in [0.29, 0.717) is 0 Å². The molecule has 2 aromatic carbocycles. The fourth-order valence-electron chi connectivity index (χ4n) is 3.69. The lowest BCUT2D eigenvalue weighted by Gasteiger charge is -2.19. The third-order valence-electron chi connectivity index (χ3n) is 5.02. The maximum Gasteiger partial charge on any atom is 0.0649 e. The normalized spacial score (nSPS) is 15.4. The van der Waals surface area contributed by atoms with Gasteiger partial charge < -0.3 is 0 Å². The van der Waals surface area contributed by atoms with E-state index in [1.807, 2.05) is 12.3 Å². The Balaban J connectivity index is 1.51. The van der Waals surface area contributed by atoms with Gasteiger partial charge in [-0.1, -0.05) is 54.6 Å². The lowest BCUT2D eigenvalue weighted by molar-refractivity contribution is 0.363. The Hall–Kier alpha value is -2.65. The zero-order chi connectivity index (χ0) is 17.8. The quantitative estimate of drug-likeness (QED) is 0.668. The molecule has 0 saturated carbocycles. The van der Waals surface area contributed by atoms with Crippen LogP contribution < -0.4 is 0 Å². The van der Waals surface area contributed by atoms with Crippen molar-refractivity contribution >= 4 is 5.57 Å². The van der Waals surface area contributed by atoms with Gasteiger partial charge in [-0.25, -0.2) is 4.68 Å². The van der Waals surface area contributed by atoms with E-state index in [4.69, 9.17) is 0 Å². The van der Waals surface area contributed by atoms with Gasteiger partial charge in [0.1, 0.15) is 0 Å². The summed E-state index contributed by atoms with van der Waals surface area (Å²) in [5.41, 5.74) is 6.62. The van der Waals surface area contributed by atoms with Crippen molar-refractivity contribution in [2.24, 2.45) is 0 Å². The molecule has 26 heavy (non-hydrogen) atoms. The number of benzene rings is 2. The van der Waals surface area contributed by atoms with E-state index in [-0.39, 0.29) is 0 Å². The summed E-state index contributed by atoms with van der Waals surface area (Å²) in [5.74, 6) is 0. The Morgan fingerprint density at radius 1 is 1.00 bits per heavy atom. The number of nitrogens with zero attached hydrogens (tertiary/aromatic N) is 3. The Bertz CT molecular complexity index is 878. The molecule has 1 aliphatic carbocycles. The minimum Gasteiger partial charge on any atom is -0.298 e. The zero-order valence-corrected chi connectivity index (χ0v) is 15.3. The highest BCUT2D eigenvalue weighted by Crippen LogP contribution is 2.31. The fourth-order valence-corrected chi connectivity index (χ4v) is 3.69. The molecule has 1 aromatic heterocycles. The highest BCUT2D eigenvalue weighted by molar-refractivity contribution is 5.69. The summed E-state index contributed by atoms with van der Waals surface area (Å²) in [6.45, 7) is 1.93. The predicted molar refractivity (Wildman–Crippen MR) is 107 cm³/mol. The molecule has 0 unspecified atom stereocenters. The van der Waals surface area contributed by atoms with Gasteiger partial charge in [0, 0.05) is 18.7 Å². The van der Waals surface area contributed by atoms with Crippen LogP contribution in [-0.4, -0.2) is 28.3 Å². The van der Waals surface area contributed by atoms with E-state index >= 15 is 0 Å². The van der Waals surface area contributed by atoms with Crippen LogP contribution in [0.25, 0.3) is 11.3 Å². The van der Waals surface area contributed by atoms with Crippen molar-refractivity contribution in [3.8, 4) is 5.69 Å². The van der Waals surface area contributed by atoms with Crippen LogP contribution in [0.1, 0.15) is 29.7 Å². The van der Waals surface area contributed by atoms with Gasteiger partial charge in [0.05, 0.1) is 17.6 Å². The molecular weight excluding hydrogens is 318 g/mol. The second-order valence-corrected chi connectivity index (χ2v) is 7.02. The zero-order valence-electron chi connectivity index (χ0n) is 15.3. The third kappa shape index (κ3) is 3.63. The van der Waals surface area contributed by atoms with E-state index in [1.165, 1.54) is 28.8 Å². The molecule has 3 aromatic rings. The lowest BCUT2D eigenvalue weighted by Crippen LogP contribution is -2.18. The number of hydrogen-bond acceptors (Lipinski definition) is 2. The van der Waals surface area contributed by atoms with Gasteiger partial charge in [-0.15, -0.1) is 0 Å². The maximum absolute atomic E-state index is 4.68. The van der Waals surface area contributed by atoms with E-state index in [1.54, 1.807) is 0 Å². The second-order valence-electron chi connectivity index (χ2n) is 7.02. The molecular formula is C23H25N3. The van der Waals surface area contributed by atoms with Crippen LogP contribution in [0, 0.1) is 0 Å². The van der Waals surface area contributed by atoms with Gasteiger partial charge in [-0.3, -0.25) is 4.90 Å². The molecule has 0 saturated heterocycles. The Morgan fingerprint density at radius 3 is 2.50 bits per heavy atom. The summed E-state index contributed by atoms with van der Waals surface area (Å²) in [7, 11) is 2.18. The van der Waals surface area contributed by atoms with Gasteiger partial charge in [-0.2, -0.15) is 5.10 Å². The summed E-state index contributed by atoms with van der Waals surface area (Å²) in [6.07, 6.45) is 7.87. The van der Waals surface area contributed by atoms with Crippen LogP contribution in [0.5, 0.6) is 0 Å². The van der Waals surface area contributed by atoms with Crippen LogP contribution in [0.2, 0.25) is 0 Å². The molecule has 0 N–H and O–H groups in total. The number of aromatic nitrogens is 2. The molecule has 0 bridgehead atoms. The first-order valence-electron chi connectivity index (χ1n) is 9.35. The van der Waals surface area contributed by atoms with E-state index in [9.17, 15) is 0 Å². The average molecular weight is 343 g/mol. The SMILES string of the molecule is CN(CC=C1CCCc2c1cnn2-c1ccccc1)Cc1ccccc1. The number of hydrogen-bond donors (Lipinski definition) is 0. The molecule has 0 fully saturated rings. The van der Waals surface area contributed by atoms with Crippen LogP contribution in [0.3, 0.4) is 0 Å². The smallest absolute Gasteiger partial charge is 0.0649 e. The van der Waals surface area contributed by atoms with Gasteiger partial charge >= 0.3 is 0 Å². The van der Waals surface area contributed by atoms with Crippen molar-refractivity contribution in [1.29, 1.82) is 0 Å². The van der Waals surface area contributed by atoms with Gasteiger partial charge in [0.25, 0.3) is 0 Å². The van der Waals surface area contributed by atoms with Crippen LogP contribution >= 0.6 is 0 Å². The summed E-state index contributed by atoms with van der Waals surface area (Å²) in [5, 5.41) is 4.68. The number of fused-ring (bicyclic) bond motifs is 1. The topological polar surface area (TPSA) is 21.1 Å². The van der Waals surface area contributed by atoms with Crippen molar-refractivity contribution < 1.29 is 0 Å². The number of rotatable bonds is 5. The Kier molecular flexibility index (Phi) is 4.98. The Labute approximate surface area is 155 Å². The van der Waals surface area contributed by atoms with Gasteiger partial charge in [0.2, 0.25) is 0 Å². The summed E-state index contributed by atoms with van der Waals surface area (Å²) >= 11 is 0. The van der Waals surface area contributed by atoms with E-state index in [0.717, 1.165) is 31.6 Å². The molecule has 0 amide bonds. The Morgan fingerprint density at radius 2 is 1.73 bits per heavy atom. The van der Waals surface area contributed by atoms with Gasteiger partial charge in [-0.05, 0) is 49.6 Å². The number of likely N-dealkylation sites (N-methyl/N-ethyl adjacent to an activating group) is 1. The first-order valence-corrected chi connectivity index (χ1v) is 9.35. The van der Waals surface area contributed by atoms with E-state index < -0.39 is 0 Å². The largest absolute Gasteiger partial charge is 0.298 e. The average Bonchev–Trinajstić information content (AvgIpc) is 3.12. The summed E-state index contributed by atoms with van der Waals surface area (Å²) in [4.78, 5) is 2.36. The van der Waals surface area contributed by atoms with Crippen molar-refractivity contribution in [2.75, 3.05) is 13.6 Å². The molecule has 1 aliphatic rings. The number of para-hydroxylation sites is 1. The van der Waals surface area contributed by atoms with E-state index in [2.05, 4.69) is 82.4 Å². The second kappa shape index (κ2) is 7.71. The maximum atomic E-state index is 4.68. The molecule has 0 atom stereocenters. The van der Waals surface area contributed by atoms with Gasteiger partial charge in [0.15, 0.2) is 0 Å². The lowest BCUT2D eigenvalue weighted by atomic mass is 9.92. The first-order chi connectivity index (χ1) is 12.8. The highest BCUT2D eigenvalue weighted by atomic mass is 15.3. The summed E-state index contributed by atoms with van der Waals surface area (Å²) < 4.78 is 2.11. The van der Waals surface area contributed by atoms with Crippen LogP contribution in [0.15, 0.2) is 72.9 Å². The molecule has 3 nitrogen and oxygen atoms in total. The standard InChI is InChI=1S/C23H25N3/c1-25(18-19-9-4-2-5-10-19)16-15-20-11-8-14-23-22(20)17-24-26(23)21-12-6-3-7-13-21/h2-7,9-10,12-13,15,17H,8,11,14,16,18H2,1H3. The molecule has 3 heteroatoms. The highest BCUT2D eigenvalue weighted by Gasteiger charge is 2.19. The van der Waals surface area contributed by atoms with Crippen molar-refractivity contribution in [3.05, 3.63) is 89.8 Å². The molecule has 4 rings (SSSR count). The summed E-state index contributed by atoms with van der Waals surface area (Å²) in [6, 6.07) is 21.1. The van der Waals surface area contributed by atoms with Crippen molar-refractivity contribution in [2.45, 2.75) is 25.8 Å². The fraction of sp³-hybridized carbons (Fsp3) is 0.261. The molecule has 0 spiro atoms. The molecule has 132 valence electrons. The molecule has 1 heterocycles. The minimum absolute atomic E-state index is 0.959. The van der Waals surface area contributed by atoms with Crippen molar-refractivity contribution in [1.82, 2.24) is 14.7 Å². The molecule has 0 aliphatic heterocycles. The third-order valence-corrected chi connectivity index (χ3v) is 5.02. The van der Waals surface area contributed by atoms with Crippen LogP contribution in [-0.2, 0) is 13.0 Å². The van der Waals surface area contributed by atoms with Crippen molar-refractivity contribution in [3.63, 3.8) is 0 Å². The minimum atomic E-state index is 0.959. The number of allylic oxidation sites excluding steroid dienone is 1. The first kappa shape index (κ1) is 16.8. The monoisotopic (exact) mass is 343 g/mol. The van der Waals surface area contributed by atoms with Crippen LogP contribution in [0.4, 0.5) is 0 Å².